The minimum Gasteiger partial charge on any atom is -0.353 e. The van der Waals surface area contributed by atoms with E-state index in [4.69, 9.17) is 0 Å². The number of aromatic nitrogens is 5. The fourth-order valence-electron chi connectivity index (χ4n) is 3.98. The summed E-state index contributed by atoms with van der Waals surface area (Å²) in [7, 11) is 0. The average Bonchev–Trinajstić information content (AvgIpc) is 3.61. The lowest BCUT2D eigenvalue weighted by atomic mass is 10.1. The van der Waals surface area contributed by atoms with Crippen LogP contribution >= 0.6 is 0 Å². The Morgan fingerprint density at radius 1 is 0.974 bits per heavy atom. The molecule has 4 aromatic rings. The number of rotatable bonds is 9. The summed E-state index contributed by atoms with van der Waals surface area (Å²) < 4.78 is 3.12. The fraction of sp³-hybridized carbons (Fsp3) is 0.185. The van der Waals surface area contributed by atoms with Crippen LogP contribution in [0, 0.1) is 0 Å². The number of hydrogen-bond donors (Lipinski definition) is 3. The molecule has 0 aliphatic heterocycles. The molecule has 0 atom stereocenters. The second-order valence-electron chi connectivity index (χ2n) is 8.63. The fourth-order valence-corrected chi connectivity index (χ4v) is 3.98. The van der Waals surface area contributed by atoms with Gasteiger partial charge in [-0.05, 0) is 49.2 Å². The van der Waals surface area contributed by atoms with Gasteiger partial charge >= 0.3 is 0 Å². The first-order chi connectivity index (χ1) is 18.5. The van der Waals surface area contributed by atoms with Crippen LogP contribution in [0.1, 0.15) is 23.3 Å². The number of carbonyl (C=O) groups excluding carboxylic acids is 3. The van der Waals surface area contributed by atoms with Crippen molar-refractivity contribution in [3.8, 4) is 5.82 Å². The summed E-state index contributed by atoms with van der Waals surface area (Å²) >= 11 is 0. The molecule has 5 rings (SSSR count). The predicted molar refractivity (Wildman–Crippen MR) is 142 cm³/mol. The van der Waals surface area contributed by atoms with E-state index in [0.29, 0.717) is 35.7 Å². The maximum Gasteiger partial charge on any atom is 0.274 e. The molecule has 38 heavy (non-hydrogen) atoms. The monoisotopic (exact) mass is 510 g/mol. The Morgan fingerprint density at radius 3 is 2.68 bits per heavy atom. The molecule has 3 N–H and O–H groups in total. The first-order valence-corrected chi connectivity index (χ1v) is 12.2. The van der Waals surface area contributed by atoms with Gasteiger partial charge in [-0.2, -0.15) is 10.2 Å². The van der Waals surface area contributed by atoms with E-state index >= 15 is 0 Å². The lowest BCUT2D eigenvalue weighted by molar-refractivity contribution is -0.122. The number of anilines is 1. The Kier molecular flexibility index (Phi) is 7.34. The van der Waals surface area contributed by atoms with Crippen LogP contribution in [0.15, 0.2) is 84.9 Å². The predicted octanol–water partition coefficient (Wildman–Crippen LogP) is 2.38. The Hall–Kier alpha value is -5.06. The Morgan fingerprint density at radius 2 is 1.87 bits per heavy atom. The van der Waals surface area contributed by atoms with Gasteiger partial charge in [0.05, 0.1) is 5.52 Å². The highest BCUT2D eigenvalue weighted by molar-refractivity contribution is 6.04. The van der Waals surface area contributed by atoms with Crippen molar-refractivity contribution in [1.82, 2.24) is 35.2 Å². The molecule has 0 saturated heterocycles. The molecule has 0 saturated carbocycles. The van der Waals surface area contributed by atoms with E-state index in [1.807, 2.05) is 18.2 Å². The van der Waals surface area contributed by atoms with E-state index in [2.05, 4.69) is 31.1 Å². The molecule has 0 spiro atoms. The number of fused-ring (bicyclic) bond motifs is 1. The van der Waals surface area contributed by atoms with Gasteiger partial charge in [-0.25, -0.2) is 9.67 Å². The van der Waals surface area contributed by atoms with E-state index in [0.717, 1.165) is 18.2 Å². The van der Waals surface area contributed by atoms with Gasteiger partial charge in [-0.15, -0.1) is 0 Å². The van der Waals surface area contributed by atoms with Gasteiger partial charge in [0.15, 0.2) is 5.82 Å². The van der Waals surface area contributed by atoms with Crippen molar-refractivity contribution >= 4 is 34.3 Å². The van der Waals surface area contributed by atoms with Gasteiger partial charge in [0.1, 0.15) is 12.2 Å². The van der Waals surface area contributed by atoms with Crippen molar-refractivity contribution in [3.05, 3.63) is 90.6 Å². The van der Waals surface area contributed by atoms with E-state index in [9.17, 15) is 14.4 Å². The topological polar surface area (TPSA) is 136 Å². The number of pyridine rings is 1. The lowest BCUT2D eigenvalue weighted by Crippen LogP contribution is -2.36. The average molecular weight is 511 g/mol. The normalized spacial score (nSPS) is 12.7. The first kappa shape index (κ1) is 24.6. The molecule has 1 aromatic carbocycles. The van der Waals surface area contributed by atoms with Gasteiger partial charge in [0.2, 0.25) is 5.91 Å². The van der Waals surface area contributed by atoms with Crippen LogP contribution in [0.5, 0.6) is 0 Å². The SMILES string of the molecule is O=C(Cn1cc2cc(NC(=O)c3cccc(-n4cccn4)n3)ccc2n1)NCCNC(=O)C1=CCCC=C1. The molecule has 1 aliphatic rings. The quantitative estimate of drug-likeness (QED) is 0.296. The van der Waals surface area contributed by atoms with Crippen molar-refractivity contribution in [2.45, 2.75) is 19.4 Å². The first-order valence-electron chi connectivity index (χ1n) is 12.2. The highest BCUT2D eigenvalue weighted by Gasteiger charge is 2.12. The molecule has 0 fully saturated rings. The second kappa shape index (κ2) is 11.3. The zero-order valence-corrected chi connectivity index (χ0v) is 20.5. The van der Waals surface area contributed by atoms with Crippen LogP contribution in [0.2, 0.25) is 0 Å². The van der Waals surface area contributed by atoms with Crippen molar-refractivity contribution in [3.63, 3.8) is 0 Å². The summed E-state index contributed by atoms with van der Waals surface area (Å²) in [5.41, 5.74) is 2.18. The third-order valence-corrected chi connectivity index (χ3v) is 5.81. The van der Waals surface area contributed by atoms with Crippen molar-refractivity contribution < 1.29 is 14.4 Å². The molecule has 3 amide bonds. The summed E-state index contributed by atoms with van der Waals surface area (Å²) in [6.07, 6.45) is 12.6. The van der Waals surface area contributed by atoms with E-state index in [1.165, 1.54) is 4.68 Å². The minimum absolute atomic E-state index is 0.0301. The zero-order valence-electron chi connectivity index (χ0n) is 20.5. The molecular formula is C27H26N8O3. The van der Waals surface area contributed by atoms with Gasteiger partial charge in [0.25, 0.3) is 11.8 Å². The number of nitrogens with zero attached hydrogens (tertiary/aromatic N) is 5. The molecule has 3 heterocycles. The molecule has 192 valence electrons. The number of amides is 3. The lowest BCUT2D eigenvalue weighted by Gasteiger charge is -2.09. The molecule has 0 radical (unpaired) electrons. The molecule has 3 aromatic heterocycles. The smallest absolute Gasteiger partial charge is 0.274 e. The highest BCUT2D eigenvalue weighted by Crippen LogP contribution is 2.19. The van der Waals surface area contributed by atoms with Crippen LogP contribution in [-0.2, 0) is 16.1 Å². The summed E-state index contributed by atoms with van der Waals surface area (Å²) in [6, 6.07) is 12.2. The van der Waals surface area contributed by atoms with E-state index in [-0.39, 0.29) is 30.0 Å². The summed E-state index contributed by atoms with van der Waals surface area (Å²) in [5.74, 6) is -0.176. The third kappa shape index (κ3) is 6.01. The van der Waals surface area contributed by atoms with E-state index < -0.39 is 0 Å². The van der Waals surface area contributed by atoms with Crippen molar-refractivity contribution in [1.29, 1.82) is 0 Å². The van der Waals surface area contributed by atoms with Gasteiger partial charge < -0.3 is 16.0 Å². The second-order valence-corrected chi connectivity index (χ2v) is 8.63. The number of benzene rings is 1. The Labute approximate surface area is 218 Å². The Bertz CT molecular complexity index is 1530. The van der Waals surface area contributed by atoms with Crippen LogP contribution in [0.4, 0.5) is 5.69 Å². The van der Waals surface area contributed by atoms with E-state index in [1.54, 1.807) is 65.7 Å². The molecule has 1 aliphatic carbocycles. The van der Waals surface area contributed by atoms with Crippen molar-refractivity contribution in [2.24, 2.45) is 0 Å². The largest absolute Gasteiger partial charge is 0.353 e. The zero-order chi connectivity index (χ0) is 26.3. The highest BCUT2D eigenvalue weighted by atomic mass is 16.2. The van der Waals surface area contributed by atoms with Crippen LogP contribution in [0.3, 0.4) is 0 Å². The van der Waals surface area contributed by atoms with Crippen LogP contribution < -0.4 is 16.0 Å². The number of nitrogens with one attached hydrogen (secondary N) is 3. The summed E-state index contributed by atoms with van der Waals surface area (Å²) in [5, 5.41) is 17.8. The Balaban J connectivity index is 1.13. The van der Waals surface area contributed by atoms with Crippen molar-refractivity contribution in [2.75, 3.05) is 18.4 Å². The van der Waals surface area contributed by atoms with Gasteiger partial charge in [-0.3, -0.25) is 19.1 Å². The third-order valence-electron chi connectivity index (χ3n) is 5.81. The number of allylic oxidation sites excluding steroid dienone is 2. The summed E-state index contributed by atoms with van der Waals surface area (Å²) in [6.45, 7) is 0.677. The molecule has 0 bridgehead atoms. The maximum atomic E-state index is 12.8. The number of carbonyl (C=O) groups is 3. The number of hydrogen-bond acceptors (Lipinski definition) is 6. The summed E-state index contributed by atoms with van der Waals surface area (Å²) in [4.78, 5) is 41.6. The molecule has 0 unspecified atom stereocenters. The van der Waals surface area contributed by atoms with Gasteiger partial charge in [0, 0.05) is 48.3 Å². The maximum absolute atomic E-state index is 12.8. The minimum atomic E-state index is -0.354. The van der Waals surface area contributed by atoms with Gasteiger partial charge in [-0.1, -0.05) is 24.3 Å². The molecule has 11 heteroatoms. The van der Waals surface area contributed by atoms with Crippen LogP contribution in [0.25, 0.3) is 16.7 Å². The standard InChI is InChI=1S/C27H26N8O3/c36-25(28-13-14-29-26(37)19-6-2-1-3-7-19)18-34-17-20-16-21(10-11-22(20)33-34)31-27(38)23-8-4-9-24(32-23)35-15-5-12-30-35/h2,4-12,15-17H,1,3,13-14,18H2,(H,28,36)(H,29,37)(H,31,38). The van der Waals surface area contributed by atoms with Crippen LogP contribution in [-0.4, -0.2) is 55.4 Å². The molecular weight excluding hydrogens is 484 g/mol. The molecule has 11 nitrogen and oxygen atoms in total.